The van der Waals surface area contributed by atoms with E-state index >= 15 is 0 Å². The number of rotatable bonds is 7. The summed E-state index contributed by atoms with van der Waals surface area (Å²) in [7, 11) is 0. The third-order valence-corrected chi connectivity index (χ3v) is 4.32. The molecule has 29 heavy (non-hydrogen) atoms. The third kappa shape index (κ3) is 5.16. The van der Waals surface area contributed by atoms with Gasteiger partial charge in [0.1, 0.15) is 6.04 Å². The van der Waals surface area contributed by atoms with Crippen LogP contribution in [-0.2, 0) is 20.7 Å². The van der Waals surface area contributed by atoms with Crippen molar-refractivity contribution in [3.05, 3.63) is 65.9 Å². The number of carbonyl (C=O) groups excluding carboxylic acids is 2. The molecule has 1 amide bonds. The molecule has 1 unspecified atom stereocenters. The van der Waals surface area contributed by atoms with Gasteiger partial charge in [-0.2, -0.15) is 0 Å². The molecule has 150 valence electrons. The molecule has 1 atom stereocenters. The lowest BCUT2D eigenvalue weighted by Gasteiger charge is -2.15. The molecular formula is C22H22N2O5. The molecule has 0 radical (unpaired) electrons. The number of aromatic hydroxyl groups is 2. The maximum atomic E-state index is 12.3. The van der Waals surface area contributed by atoms with Crippen molar-refractivity contribution in [1.29, 1.82) is 0 Å². The van der Waals surface area contributed by atoms with Crippen molar-refractivity contribution in [3.63, 3.8) is 0 Å². The Balaban J connectivity index is 1.72. The van der Waals surface area contributed by atoms with Gasteiger partial charge in [0.05, 0.1) is 6.61 Å². The molecule has 3 rings (SSSR count). The molecule has 1 heterocycles. The SMILES string of the molecule is CCOC(=O)C(Cc1cc2ccccc2[nH]1)NC(=O)C=Cc1ccc(O)c(O)c1. The number of aromatic nitrogens is 1. The van der Waals surface area contributed by atoms with E-state index in [1.165, 1.54) is 24.3 Å². The molecular weight excluding hydrogens is 372 g/mol. The number of benzene rings is 2. The molecule has 7 heteroatoms. The van der Waals surface area contributed by atoms with Gasteiger partial charge in [0.15, 0.2) is 11.5 Å². The second-order valence-corrected chi connectivity index (χ2v) is 6.48. The lowest BCUT2D eigenvalue weighted by molar-refractivity contribution is -0.147. The van der Waals surface area contributed by atoms with Gasteiger partial charge in [0.25, 0.3) is 0 Å². The monoisotopic (exact) mass is 394 g/mol. The smallest absolute Gasteiger partial charge is 0.329 e. The number of esters is 1. The normalized spacial score (nSPS) is 12.2. The molecule has 0 saturated carbocycles. The fourth-order valence-corrected chi connectivity index (χ4v) is 2.94. The molecule has 0 fully saturated rings. The van der Waals surface area contributed by atoms with Gasteiger partial charge in [0, 0.05) is 23.7 Å². The summed E-state index contributed by atoms with van der Waals surface area (Å²) >= 11 is 0. The van der Waals surface area contributed by atoms with Crippen LogP contribution in [0.2, 0.25) is 0 Å². The van der Waals surface area contributed by atoms with Crippen molar-refractivity contribution >= 4 is 28.9 Å². The maximum absolute atomic E-state index is 12.3. The summed E-state index contributed by atoms with van der Waals surface area (Å²) in [5, 5.41) is 22.5. The second kappa shape index (κ2) is 8.97. The first-order valence-corrected chi connectivity index (χ1v) is 9.20. The van der Waals surface area contributed by atoms with Crippen LogP contribution in [0.5, 0.6) is 11.5 Å². The Morgan fingerprint density at radius 1 is 1.14 bits per heavy atom. The van der Waals surface area contributed by atoms with E-state index in [2.05, 4.69) is 10.3 Å². The number of phenolic OH excluding ortho intramolecular Hbond substituents is 2. The van der Waals surface area contributed by atoms with E-state index < -0.39 is 17.9 Å². The molecule has 0 aliphatic heterocycles. The topological polar surface area (TPSA) is 112 Å². The standard InChI is InChI=1S/C22H22N2O5/c1-2-29-22(28)18(13-16-12-15-5-3-4-6-17(15)23-16)24-21(27)10-8-14-7-9-19(25)20(26)11-14/h3-12,18,23,25-26H,2,13H2,1H3,(H,24,27). The Morgan fingerprint density at radius 3 is 2.66 bits per heavy atom. The predicted molar refractivity (Wildman–Crippen MR) is 109 cm³/mol. The number of fused-ring (bicyclic) bond motifs is 1. The van der Waals surface area contributed by atoms with Gasteiger partial charge < -0.3 is 25.3 Å². The van der Waals surface area contributed by atoms with E-state index in [9.17, 15) is 19.8 Å². The maximum Gasteiger partial charge on any atom is 0.329 e. The van der Waals surface area contributed by atoms with Gasteiger partial charge in [-0.3, -0.25) is 4.79 Å². The van der Waals surface area contributed by atoms with Crippen LogP contribution in [0, 0.1) is 0 Å². The molecule has 7 nitrogen and oxygen atoms in total. The highest BCUT2D eigenvalue weighted by Crippen LogP contribution is 2.25. The minimum Gasteiger partial charge on any atom is -0.504 e. The van der Waals surface area contributed by atoms with Crippen LogP contribution in [0.1, 0.15) is 18.2 Å². The average molecular weight is 394 g/mol. The molecule has 0 saturated heterocycles. The van der Waals surface area contributed by atoms with E-state index in [-0.39, 0.29) is 24.5 Å². The van der Waals surface area contributed by atoms with E-state index in [4.69, 9.17) is 4.74 Å². The van der Waals surface area contributed by atoms with Crippen LogP contribution in [0.3, 0.4) is 0 Å². The Kier molecular flexibility index (Phi) is 6.19. The predicted octanol–water partition coefficient (Wildman–Crippen LogP) is 2.88. The van der Waals surface area contributed by atoms with E-state index in [1.807, 2.05) is 30.3 Å². The summed E-state index contributed by atoms with van der Waals surface area (Å²) in [6, 6.07) is 13.0. The van der Waals surface area contributed by atoms with Gasteiger partial charge in [-0.1, -0.05) is 24.3 Å². The molecule has 1 aromatic heterocycles. The number of H-pyrrole nitrogens is 1. The first kappa shape index (κ1) is 20.0. The van der Waals surface area contributed by atoms with Crippen LogP contribution in [0.4, 0.5) is 0 Å². The van der Waals surface area contributed by atoms with Crippen molar-refractivity contribution in [3.8, 4) is 11.5 Å². The first-order chi connectivity index (χ1) is 14.0. The summed E-state index contributed by atoms with van der Waals surface area (Å²) in [5.41, 5.74) is 2.28. The Bertz CT molecular complexity index is 1020. The van der Waals surface area contributed by atoms with Crippen molar-refractivity contribution < 1.29 is 24.5 Å². The Labute approximate surface area is 167 Å². The second-order valence-electron chi connectivity index (χ2n) is 6.48. The Hall–Kier alpha value is -3.74. The van der Waals surface area contributed by atoms with Crippen molar-refractivity contribution in [2.75, 3.05) is 6.61 Å². The average Bonchev–Trinajstić information content (AvgIpc) is 3.11. The van der Waals surface area contributed by atoms with Crippen LogP contribution in [-0.4, -0.2) is 39.7 Å². The van der Waals surface area contributed by atoms with Crippen LogP contribution < -0.4 is 5.32 Å². The minimum atomic E-state index is -0.853. The third-order valence-electron chi connectivity index (χ3n) is 4.32. The first-order valence-electron chi connectivity index (χ1n) is 9.20. The van der Waals surface area contributed by atoms with Crippen LogP contribution >= 0.6 is 0 Å². The summed E-state index contributed by atoms with van der Waals surface area (Å²) in [6.07, 6.45) is 2.98. The number of carbonyl (C=O) groups is 2. The zero-order chi connectivity index (χ0) is 20.8. The number of nitrogens with one attached hydrogen (secondary N) is 2. The van der Waals surface area contributed by atoms with Gasteiger partial charge in [0.2, 0.25) is 5.91 Å². The van der Waals surface area contributed by atoms with E-state index in [0.717, 1.165) is 16.6 Å². The van der Waals surface area contributed by atoms with Crippen LogP contribution in [0.25, 0.3) is 17.0 Å². The van der Waals surface area contributed by atoms with Gasteiger partial charge >= 0.3 is 5.97 Å². The van der Waals surface area contributed by atoms with Gasteiger partial charge in [-0.25, -0.2) is 4.79 Å². The summed E-state index contributed by atoms with van der Waals surface area (Å²) < 4.78 is 5.09. The molecule has 0 bridgehead atoms. The highest BCUT2D eigenvalue weighted by atomic mass is 16.5. The number of hydrogen-bond donors (Lipinski definition) is 4. The fourth-order valence-electron chi connectivity index (χ4n) is 2.94. The zero-order valence-corrected chi connectivity index (χ0v) is 15.9. The quantitative estimate of drug-likeness (QED) is 0.280. The van der Waals surface area contributed by atoms with Crippen molar-refractivity contribution in [1.82, 2.24) is 10.3 Å². The zero-order valence-electron chi connectivity index (χ0n) is 15.9. The number of amides is 1. The molecule has 0 aliphatic rings. The highest BCUT2D eigenvalue weighted by molar-refractivity contribution is 5.94. The van der Waals surface area contributed by atoms with E-state index in [0.29, 0.717) is 5.56 Å². The largest absolute Gasteiger partial charge is 0.504 e. The number of hydrogen-bond acceptors (Lipinski definition) is 5. The summed E-state index contributed by atoms with van der Waals surface area (Å²) in [6.45, 7) is 1.91. The van der Waals surface area contributed by atoms with E-state index in [1.54, 1.807) is 13.0 Å². The Morgan fingerprint density at radius 2 is 1.93 bits per heavy atom. The lowest BCUT2D eigenvalue weighted by atomic mass is 10.1. The molecule has 2 aromatic carbocycles. The summed E-state index contributed by atoms with van der Waals surface area (Å²) in [4.78, 5) is 27.9. The molecule has 3 aromatic rings. The minimum absolute atomic E-state index is 0.209. The summed E-state index contributed by atoms with van der Waals surface area (Å²) in [5.74, 6) is -1.52. The number of para-hydroxylation sites is 1. The highest BCUT2D eigenvalue weighted by Gasteiger charge is 2.22. The number of phenols is 2. The van der Waals surface area contributed by atoms with Crippen LogP contribution in [0.15, 0.2) is 54.6 Å². The van der Waals surface area contributed by atoms with Gasteiger partial charge in [-0.15, -0.1) is 0 Å². The molecule has 4 N–H and O–H groups in total. The number of ether oxygens (including phenoxy) is 1. The molecule has 0 spiro atoms. The lowest BCUT2D eigenvalue weighted by Crippen LogP contribution is -2.42. The fraction of sp³-hybridized carbons (Fsp3) is 0.182. The van der Waals surface area contributed by atoms with Crippen molar-refractivity contribution in [2.24, 2.45) is 0 Å². The number of aromatic amines is 1. The van der Waals surface area contributed by atoms with Crippen molar-refractivity contribution in [2.45, 2.75) is 19.4 Å². The molecule has 0 aliphatic carbocycles. The van der Waals surface area contributed by atoms with Gasteiger partial charge in [-0.05, 0) is 48.2 Å².